The molecule has 2 atom stereocenters. The van der Waals surface area contributed by atoms with Crippen LogP contribution in [0.3, 0.4) is 0 Å². The zero-order chi connectivity index (χ0) is 22.7. The van der Waals surface area contributed by atoms with Crippen molar-refractivity contribution in [3.63, 3.8) is 0 Å². The van der Waals surface area contributed by atoms with E-state index in [9.17, 15) is 4.39 Å². The normalized spacial score (nSPS) is 34.0. The fourth-order valence-corrected chi connectivity index (χ4v) is 5.95. The Morgan fingerprint density at radius 2 is 1.97 bits per heavy atom. The maximum absolute atomic E-state index is 14.1. The smallest absolute Gasteiger partial charge is 0.128 e. The number of hydrogen-bond acceptors (Lipinski definition) is 4. The van der Waals surface area contributed by atoms with Crippen molar-refractivity contribution in [1.82, 2.24) is 5.32 Å². The Kier molecular flexibility index (Phi) is 5.41. The number of nitrogens with one attached hydrogen (secondary N) is 2. The van der Waals surface area contributed by atoms with Crippen molar-refractivity contribution in [3.8, 4) is 5.75 Å². The summed E-state index contributed by atoms with van der Waals surface area (Å²) >= 11 is 0. The Balaban J connectivity index is 1.36. The molecule has 172 valence electrons. The second kappa shape index (κ2) is 7.45. The van der Waals surface area contributed by atoms with Gasteiger partial charge in [0.1, 0.15) is 29.0 Å². The van der Waals surface area contributed by atoms with Crippen LogP contribution in [0.15, 0.2) is 18.2 Å². The van der Waals surface area contributed by atoms with E-state index in [0.29, 0.717) is 18.7 Å². The van der Waals surface area contributed by atoms with Gasteiger partial charge in [-0.3, -0.25) is 5.41 Å². The van der Waals surface area contributed by atoms with Crippen LogP contribution in [-0.4, -0.2) is 42.9 Å². The fourth-order valence-electron chi connectivity index (χ4n) is 5.95. The minimum Gasteiger partial charge on any atom is -0.487 e. The van der Waals surface area contributed by atoms with Gasteiger partial charge in [0.15, 0.2) is 0 Å². The Labute approximate surface area is 185 Å². The number of methoxy groups -OCH3 is 1. The van der Waals surface area contributed by atoms with Gasteiger partial charge in [0.2, 0.25) is 0 Å². The highest BCUT2D eigenvalue weighted by Gasteiger charge is 2.60. The second-order valence-electron chi connectivity index (χ2n) is 11.4. The summed E-state index contributed by atoms with van der Waals surface area (Å²) in [5.74, 6) is 1.32. The molecule has 2 fully saturated rings. The van der Waals surface area contributed by atoms with Crippen LogP contribution in [0.25, 0.3) is 0 Å². The van der Waals surface area contributed by atoms with Crippen molar-refractivity contribution in [3.05, 3.63) is 29.3 Å². The standard InChI is InChI=1S/C25H38FN3O2/c1-22(2,3)23(4,30-5)20-9-7-16-10-17(6-8-19(16)31-20)21(28)29-18-11-24(12-18)13-25(26,14-24)15-27/h6,8,10,18,20H,7,9,11-15,27H2,1-5H3,(H2,28,29)/t18?,20-,23+,24?,25?/m1/s1. The van der Waals surface area contributed by atoms with Crippen LogP contribution in [0.1, 0.15) is 70.9 Å². The van der Waals surface area contributed by atoms with E-state index in [1.165, 1.54) is 0 Å². The van der Waals surface area contributed by atoms with E-state index in [0.717, 1.165) is 42.6 Å². The number of alkyl halides is 1. The molecule has 5 nitrogen and oxygen atoms in total. The average Bonchev–Trinajstić information content (AvgIpc) is 2.68. The van der Waals surface area contributed by atoms with Crippen LogP contribution in [0, 0.1) is 16.2 Å². The average molecular weight is 432 g/mol. The number of benzene rings is 1. The quantitative estimate of drug-likeness (QED) is 0.478. The molecule has 2 saturated carbocycles. The Morgan fingerprint density at radius 3 is 2.55 bits per heavy atom. The zero-order valence-electron chi connectivity index (χ0n) is 19.6. The Hall–Kier alpha value is -1.66. The van der Waals surface area contributed by atoms with Gasteiger partial charge in [-0.05, 0) is 80.0 Å². The van der Waals surface area contributed by atoms with Crippen molar-refractivity contribution in [2.24, 2.45) is 16.6 Å². The molecule has 0 saturated heterocycles. The summed E-state index contributed by atoms with van der Waals surface area (Å²) < 4.78 is 26.5. The summed E-state index contributed by atoms with van der Waals surface area (Å²) in [4.78, 5) is 0. The molecule has 0 unspecified atom stereocenters. The van der Waals surface area contributed by atoms with E-state index in [-0.39, 0.29) is 35.1 Å². The number of halogens is 1. The number of nitrogens with two attached hydrogens (primary N) is 1. The number of hydrogen-bond donors (Lipinski definition) is 3. The van der Waals surface area contributed by atoms with Crippen molar-refractivity contribution in [1.29, 1.82) is 5.41 Å². The molecule has 2 aliphatic carbocycles. The van der Waals surface area contributed by atoms with E-state index in [1.807, 2.05) is 12.1 Å². The lowest BCUT2D eigenvalue weighted by Crippen LogP contribution is -2.63. The van der Waals surface area contributed by atoms with Crippen molar-refractivity contribution >= 4 is 5.84 Å². The second-order valence-corrected chi connectivity index (χ2v) is 11.4. The third-order valence-corrected chi connectivity index (χ3v) is 8.28. The molecule has 1 aromatic rings. The first-order chi connectivity index (χ1) is 14.4. The highest BCUT2D eigenvalue weighted by atomic mass is 19.1. The van der Waals surface area contributed by atoms with Gasteiger partial charge >= 0.3 is 0 Å². The predicted octanol–water partition coefficient (Wildman–Crippen LogP) is 4.36. The van der Waals surface area contributed by atoms with E-state index < -0.39 is 5.67 Å². The number of ether oxygens (including phenoxy) is 2. The van der Waals surface area contributed by atoms with Gasteiger partial charge in [-0.25, -0.2) is 4.39 Å². The Bertz CT molecular complexity index is 851. The summed E-state index contributed by atoms with van der Waals surface area (Å²) in [5.41, 5.74) is 6.08. The summed E-state index contributed by atoms with van der Waals surface area (Å²) in [6.07, 6.45) is 4.79. The largest absolute Gasteiger partial charge is 0.487 e. The minimum absolute atomic E-state index is 0.0155. The molecule has 4 rings (SSSR count). The van der Waals surface area contributed by atoms with Crippen LogP contribution >= 0.6 is 0 Å². The van der Waals surface area contributed by atoms with Crippen LogP contribution in [-0.2, 0) is 11.2 Å². The minimum atomic E-state index is -1.15. The van der Waals surface area contributed by atoms with Gasteiger partial charge in [0.05, 0.1) is 0 Å². The third-order valence-electron chi connectivity index (χ3n) is 8.28. The molecule has 3 aliphatic rings. The summed E-state index contributed by atoms with van der Waals surface area (Å²) in [6.45, 7) is 8.81. The van der Waals surface area contributed by atoms with Gasteiger partial charge in [-0.1, -0.05) is 20.8 Å². The van der Waals surface area contributed by atoms with E-state index in [2.05, 4.69) is 39.1 Å². The van der Waals surface area contributed by atoms with E-state index >= 15 is 0 Å². The lowest BCUT2D eigenvalue weighted by molar-refractivity contribution is -0.147. The first-order valence-electron chi connectivity index (χ1n) is 11.5. The molecule has 1 aliphatic heterocycles. The lowest BCUT2D eigenvalue weighted by atomic mass is 9.49. The molecule has 1 aromatic carbocycles. The van der Waals surface area contributed by atoms with Crippen molar-refractivity contribution < 1.29 is 13.9 Å². The summed E-state index contributed by atoms with van der Waals surface area (Å²) in [5, 5.41) is 11.9. The maximum Gasteiger partial charge on any atom is 0.128 e. The van der Waals surface area contributed by atoms with Crippen LogP contribution in [0.5, 0.6) is 5.75 Å². The SMILES string of the molecule is CO[C@@](C)([C@H]1CCc2cc(C(=N)NC3CC4(C3)CC(F)(CN)C4)ccc2O1)C(C)(C)C. The van der Waals surface area contributed by atoms with Crippen LogP contribution < -0.4 is 15.8 Å². The number of fused-ring (bicyclic) bond motifs is 1. The van der Waals surface area contributed by atoms with Gasteiger partial charge in [-0.2, -0.15) is 0 Å². The predicted molar refractivity (Wildman–Crippen MR) is 122 cm³/mol. The fraction of sp³-hybridized carbons (Fsp3) is 0.720. The highest BCUT2D eigenvalue weighted by Crippen LogP contribution is 2.61. The van der Waals surface area contributed by atoms with Crippen LogP contribution in [0.2, 0.25) is 0 Å². The van der Waals surface area contributed by atoms with E-state index in [1.54, 1.807) is 7.11 Å². The molecule has 1 spiro atoms. The molecule has 1 heterocycles. The zero-order valence-corrected chi connectivity index (χ0v) is 19.6. The molecule has 0 amide bonds. The van der Waals surface area contributed by atoms with E-state index in [4.69, 9.17) is 20.6 Å². The molecular formula is C25H38FN3O2. The third kappa shape index (κ3) is 3.86. The molecule has 0 radical (unpaired) electrons. The number of rotatable bonds is 5. The van der Waals surface area contributed by atoms with Crippen molar-refractivity contribution in [2.75, 3.05) is 13.7 Å². The molecule has 0 bridgehead atoms. The topological polar surface area (TPSA) is 80.4 Å². The van der Waals surface area contributed by atoms with Gasteiger partial charge in [-0.15, -0.1) is 0 Å². The molecule has 4 N–H and O–H groups in total. The molecule has 31 heavy (non-hydrogen) atoms. The van der Waals surface area contributed by atoms with Gasteiger partial charge < -0.3 is 20.5 Å². The number of amidine groups is 1. The van der Waals surface area contributed by atoms with Gasteiger partial charge in [0, 0.05) is 25.3 Å². The number of aryl methyl sites for hydroxylation is 1. The maximum atomic E-state index is 14.1. The first kappa shape index (κ1) is 22.5. The highest BCUT2D eigenvalue weighted by molar-refractivity contribution is 5.97. The molecule has 0 aromatic heterocycles. The molecule has 6 heteroatoms. The van der Waals surface area contributed by atoms with Gasteiger partial charge in [0.25, 0.3) is 0 Å². The van der Waals surface area contributed by atoms with Crippen molar-refractivity contribution in [2.45, 2.75) is 89.6 Å². The summed E-state index contributed by atoms with van der Waals surface area (Å²) in [6, 6.07) is 6.26. The molecular weight excluding hydrogens is 393 g/mol. The first-order valence-corrected chi connectivity index (χ1v) is 11.5. The monoisotopic (exact) mass is 431 g/mol. The lowest BCUT2D eigenvalue weighted by Gasteiger charge is -2.60. The summed E-state index contributed by atoms with van der Waals surface area (Å²) in [7, 11) is 1.76. The Morgan fingerprint density at radius 1 is 1.29 bits per heavy atom. The van der Waals surface area contributed by atoms with Crippen LogP contribution in [0.4, 0.5) is 4.39 Å².